The molecule has 2 atom stereocenters. The van der Waals surface area contributed by atoms with E-state index < -0.39 is 0 Å². The molecule has 0 bridgehead atoms. The Morgan fingerprint density at radius 1 is 1.14 bits per heavy atom. The van der Waals surface area contributed by atoms with Gasteiger partial charge in [-0.2, -0.15) is 0 Å². The summed E-state index contributed by atoms with van der Waals surface area (Å²) < 4.78 is 16.3. The summed E-state index contributed by atoms with van der Waals surface area (Å²) in [5.74, 6) is 1.68. The zero-order valence-electron chi connectivity index (χ0n) is 21.4. The molecule has 2 aromatic rings. The third-order valence-electron chi connectivity index (χ3n) is 6.70. The van der Waals surface area contributed by atoms with Crippen LogP contribution < -0.4 is 10.1 Å². The molecule has 0 fully saturated rings. The van der Waals surface area contributed by atoms with Gasteiger partial charge in [0.25, 0.3) is 0 Å². The van der Waals surface area contributed by atoms with Crippen molar-refractivity contribution in [1.82, 2.24) is 10.2 Å². The molecule has 192 valence electrons. The van der Waals surface area contributed by atoms with Crippen molar-refractivity contribution in [3.05, 3.63) is 29.3 Å². The molecule has 2 heterocycles. The number of phenols is 1. The molecule has 1 aromatic carbocycles. The second-order valence-electron chi connectivity index (χ2n) is 9.03. The predicted octanol–water partition coefficient (Wildman–Crippen LogP) is 5.13. The summed E-state index contributed by atoms with van der Waals surface area (Å²) in [6, 6.07) is 5.50. The molecule has 0 aliphatic carbocycles. The SMILES string of the molecule is CCOC(=O)C(CC)CCC(CC)CNc1cc2c(nn1)-c1c(O)cc(OC)cc1COCCC2. The van der Waals surface area contributed by atoms with Gasteiger partial charge in [-0.05, 0) is 68.2 Å². The van der Waals surface area contributed by atoms with Crippen molar-refractivity contribution in [2.24, 2.45) is 11.8 Å². The fourth-order valence-electron chi connectivity index (χ4n) is 4.51. The Morgan fingerprint density at radius 3 is 2.69 bits per heavy atom. The van der Waals surface area contributed by atoms with E-state index in [1.165, 1.54) is 0 Å². The Hall–Kier alpha value is -2.87. The minimum absolute atomic E-state index is 0.0438. The van der Waals surface area contributed by atoms with E-state index in [4.69, 9.17) is 14.2 Å². The van der Waals surface area contributed by atoms with Crippen molar-refractivity contribution in [3.8, 4) is 22.8 Å². The number of phenolic OH excluding ortho intramolecular Hbond substituents is 1. The number of nitrogens with zero attached hydrogens (tertiary/aromatic N) is 2. The fourth-order valence-corrected chi connectivity index (χ4v) is 4.51. The van der Waals surface area contributed by atoms with E-state index in [2.05, 4.69) is 22.4 Å². The van der Waals surface area contributed by atoms with Crippen LogP contribution in [-0.4, -0.2) is 48.1 Å². The van der Waals surface area contributed by atoms with E-state index >= 15 is 0 Å². The first-order chi connectivity index (χ1) is 17.0. The first-order valence-electron chi connectivity index (χ1n) is 12.8. The van der Waals surface area contributed by atoms with Gasteiger partial charge in [0.1, 0.15) is 23.0 Å². The third kappa shape index (κ3) is 7.07. The highest BCUT2D eigenvalue weighted by Gasteiger charge is 2.22. The van der Waals surface area contributed by atoms with Crippen molar-refractivity contribution >= 4 is 11.8 Å². The van der Waals surface area contributed by atoms with Crippen molar-refractivity contribution < 1.29 is 24.1 Å². The quantitative estimate of drug-likeness (QED) is 0.422. The van der Waals surface area contributed by atoms with Crippen LogP contribution >= 0.6 is 0 Å². The fraction of sp³-hybridized carbons (Fsp3) is 0.593. The van der Waals surface area contributed by atoms with Crippen LogP contribution in [0.4, 0.5) is 5.82 Å². The number of carbonyl (C=O) groups is 1. The summed E-state index contributed by atoms with van der Waals surface area (Å²) in [4.78, 5) is 12.1. The smallest absolute Gasteiger partial charge is 0.308 e. The molecule has 0 saturated carbocycles. The van der Waals surface area contributed by atoms with Crippen LogP contribution in [0.3, 0.4) is 0 Å². The lowest BCUT2D eigenvalue weighted by Gasteiger charge is -2.20. The number of aromatic hydroxyl groups is 1. The Kier molecular flexibility index (Phi) is 10.1. The van der Waals surface area contributed by atoms with Crippen LogP contribution in [0, 0.1) is 11.8 Å². The zero-order valence-corrected chi connectivity index (χ0v) is 21.4. The topological polar surface area (TPSA) is 103 Å². The van der Waals surface area contributed by atoms with E-state index in [0.717, 1.165) is 56.2 Å². The molecule has 35 heavy (non-hydrogen) atoms. The van der Waals surface area contributed by atoms with Gasteiger partial charge in [-0.15, -0.1) is 10.2 Å². The molecule has 8 heteroatoms. The molecule has 0 spiro atoms. The van der Waals surface area contributed by atoms with Crippen molar-refractivity contribution in [2.45, 2.75) is 65.9 Å². The number of aryl methyl sites for hydroxylation is 1. The number of anilines is 1. The molecular weight excluding hydrogens is 446 g/mol. The number of benzene rings is 1. The van der Waals surface area contributed by atoms with Gasteiger partial charge < -0.3 is 24.6 Å². The van der Waals surface area contributed by atoms with Gasteiger partial charge in [-0.25, -0.2) is 0 Å². The molecule has 1 aromatic heterocycles. The lowest BCUT2D eigenvalue weighted by atomic mass is 9.92. The van der Waals surface area contributed by atoms with Crippen molar-refractivity contribution in [1.29, 1.82) is 0 Å². The van der Waals surface area contributed by atoms with Crippen LogP contribution in [0.25, 0.3) is 11.3 Å². The first-order valence-corrected chi connectivity index (χ1v) is 12.8. The molecule has 1 aliphatic heterocycles. The number of hydrogen-bond acceptors (Lipinski definition) is 8. The summed E-state index contributed by atoms with van der Waals surface area (Å²) in [6.45, 7) is 8.23. The number of esters is 1. The van der Waals surface area contributed by atoms with E-state index in [-0.39, 0.29) is 17.6 Å². The first kappa shape index (κ1) is 26.7. The number of rotatable bonds is 11. The van der Waals surface area contributed by atoms with Gasteiger partial charge in [0, 0.05) is 24.8 Å². The van der Waals surface area contributed by atoms with E-state index in [9.17, 15) is 9.90 Å². The maximum atomic E-state index is 12.1. The number of hydrogen-bond donors (Lipinski definition) is 2. The number of ether oxygens (including phenoxy) is 3. The maximum absolute atomic E-state index is 12.1. The maximum Gasteiger partial charge on any atom is 0.308 e. The van der Waals surface area contributed by atoms with Gasteiger partial charge in [0.15, 0.2) is 0 Å². The molecule has 3 rings (SSSR count). The van der Waals surface area contributed by atoms with Gasteiger partial charge in [-0.3, -0.25) is 4.79 Å². The predicted molar refractivity (Wildman–Crippen MR) is 136 cm³/mol. The van der Waals surface area contributed by atoms with E-state index in [1.807, 2.05) is 26.0 Å². The number of nitrogens with one attached hydrogen (secondary N) is 1. The van der Waals surface area contributed by atoms with Crippen LogP contribution in [0.2, 0.25) is 0 Å². The van der Waals surface area contributed by atoms with Crippen molar-refractivity contribution in [2.75, 3.05) is 32.2 Å². The van der Waals surface area contributed by atoms with Crippen LogP contribution in [-0.2, 0) is 27.3 Å². The second-order valence-corrected chi connectivity index (χ2v) is 9.03. The summed E-state index contributed by atoms with van der Waals surface area (Å²) in [7, 11) is 1.58. The van der Waals surface area contributed by atoms with Gasteiger partial charge in [-0.1, -0.05) is 20.3 Å². The summed E-state index contributed by atoms with van der Waals surface area (Å²) in [5, 5.41) is 23.1. The molecule has 0 radical (unpaired) electrons. The van der Waals surface area contributed by atoms with Crippen LogP contribution in [0.1, 0.15) is 64.0 Å². The van der Waals surface area contributed by atoms with Crippen molar-refractivity contribution in [3.63, 3.8) is 0 Å². The Balaban J connectivity index is 1.73. The van der Waals surface area contributed by atoms with Gasteiger partial charge >= 0.3 is 5.97 Å². The molecule has 0 amide bonds. The minimum atomic E-state index is -0.0913. The monoisotopic (exact) mass is 485 g/mol. The van der Waals surface area contributed by atoms with Crippen LogP contribution in [0.15, 0.2) is 18.2 Å². The summed E-state index contributed by atoms with van der Waals surface area (Å²) >= 11 is 0. The number of fused-ring (bicyclic) bond motifs is 3. The molecule has 2 N–H and O–H groups in total. The third-order valence-corrected chi connectivity index (χ3v) is 6.70. The highest BCUT2D eigenvalue weighted by Crippen LogP contribution is 2.38. The lowest BCUT2D eigenvalue weighted by molar-refractivity contribution is -0.148. The van der Waals surface area contributed by atoms with Crippen LogP contribution in [0.5, 0.6) is 11.5 Å². The largest absolute Gasteiger partial charge is 0.507 e. The second kappa shape index (κ2) is 13.3. The van der Waals surface area contributed by atoms with Gasteiger partial charge in [0.2, 0.25) is 0 Å². The number of methoxy groups -OCH3 is 1. The zero-order chi connectivity index (χ0) is 25.2. The average Bonchev–Trinajstić information content (AvgIpc) is 2.94. The standard InChI is InChI=1S/C27H39N3O5/c1-5-18(10-11-19(6-2)27(32)35-7-3)16-28-24-14-20-9-8-12-34-17-21-13-22(33-4)15-23(31)25(21)26(20)30-29-24/h13-15,18-19,31H,5-12,16-17H2,1-4H3,(H,28,29). The number of carbonyl (C=O) groups excluding carboxylic acids is 1. The summed E-state index contributed by atoms with van der Waals surface area (Å²) in [5.41, 5.74) is 3.19. The molecule has 8 nitrogen and oxygen atoms in total. The average molecular weight is 486 g/mol. The highest BCUT2D eigenvalue weighted by atomic mass is 16.5. The van der Waals surface area contributed by atoms with E-state index in [0.29, 0.717) is 48.6 Å². The summed E-state index contributed by atoms with van der Waals surface area (Å²) in [6.07, 6.45) is 5.20. The lowest BCUT2D eigenvalue weighted by Crippen LogP contribution is -2.20. The Labute approximate surface area is 208 Å². The Bertz CT molecular complexity index is 982. The van der Waals surface area contributed by atoms with Gasteiger partial charge in [0.05, 0.1) is 26.2 Å². The normalized spacial score (nSPS) is 15.0. The molecule has 2 unspecified atom stereocenters. The molecular formula is C27H39N3O5. The highest BCUT2D eigenvalue weighted by molar-refractivity contribution is 5.75. The Morgan fingerprint density at radius 2 is 1.97 bits per heavy atom. The van der Waals surface area contributed by atoms with E-state index in [1.54, 1.807) is 13.2 Å². The minimum Gasteiger partial charge on any atom is -0.507 e. The molecule has 1 aliphatic rings. The molecule has 0 saturated heterocycles. The number of aromatic nitrogens is 2.